The van der Waals surface area contributed by atoms with Crippen molar-refractivity contribution in [3.05, 3.63) is 11.4 Å². The maximum Gasteiger partial charge on any atom is 0.244 e. The van der Waals surface area contributed by atoms with Crippen LogP contribution < -0.4 is 10.5 Å². The van der Waals surface area contributed by atoms with Crippen molar-refractivity contribution in [3.8, 4) is 0 Å². The maximum atomic E-state index is 12.5. The Balaban J connectivity index is 3.09. The Kier molecular flexibility index (Phi) is 6.50. The summed E-state index contributed by atoms with van der Waals surface area (Å²) in [6.45, 7) is 6.40. The molecule has 0 amide bonds. The van der Waals surface area contributed by atoms with Crippen LogP contribution in [0.2, 0.25) is 0 Å². The van der Waals surface area contributed by atoms with Crippen molar-refractivity contribution in [3.63, 3.8) is 0 Å². The van der Waals surface area contributed by atoms with Gasteiger partial charge >= 0.3 is 0 Å². The molecule has 1 atom stereocenters. The van der Waals surface area contributed by atoms with Gasteiger partial charge in [-0.05, 0) is 26.5 Å². The lowest BCUT2D eigenvalue weighted by Gasteiger charge is -2.16. The van der Waals surface area contributed by atoms with E-state index in [1.807, 2.05) is 13.2 Å². The fourth-order valence-electron chi connectivity index (χ4n) is 2.12. The van der Waals surface area contributed by atoms with E-state index in [0.29, 0.717) is 24.5 Å². The molecule has 0 radical (unpaired) electrons. The summed E-state index contributed by atoms with van der Waals surface area (Å²) < 4.78 is 29.5. The summed E-state index contributed by atoms with van der Waals surface area (Å²) >= 11 is 1.63. The largest absolute Gasteiger partial charge is 0.329 e. The third kappa shape index (κ3) is 3.97. The van der Waals surface area contributed by atoms with Crippen LogP contribution in [0.5, 0.6) is 0 Å². The third-order valence-corrected chi connectivity index (χ3v) is 5.61. The summed E-state index contributed by atoms with van der Waals surface area (Å²) in [6, 6.07) is -0.0633. The van der Waals surface area contributed by atoms with Gasteiger partial charge in [0.2, 0.25) is 10.0 Å². The van der Waals surface area contributed by atoms with Gasteiger partial charge in [0.25, 0.3) is 0 Å². The Hall–Kier alpha value is -0.570. The van der Waals surface area contributed by atoms with Crippen LogP contribution in [0.1, 0.15) is 24.7 Å². The van der Waals surface area contributed by atoms with Gasteiger partial charge in [0.15, 0.2) is 0 Å². The second-order valence-corrected chi connectivity index (χ2v) is 7.26. The SMILES string of the molecule is CCC(CSC)NS(=O)(=O)c1c(C)nn(CCN)c1C. The van der Waals surface area contributed by atoms with E-state index in [0.717, 1.165) is 12.2 Å². The second kappa shape index (κ2) is 7.44. The van der Waals surface area contributed by atoms with Gasteiger partial charge in [-0.3, -0.25) is 4.68 Å². The number of aryl methyl sites for hydroxylation is 1. The summed E-state index contributed by atoms with van der Waals surface area (Å²) in [5, 5.41) is 4.26. The van der Waals surface area contributed by atoms with E-state index in [2.05, 4.69) is 9.82 Å². The summed E-state index contributed by atoms with van der Waals surface area (Å²) in [4.78, 5) is 0.283. The fraction of sp³-hybridized carbons (Fsp3) is 0.750. The highest BCUT2D eigenvalue weighted by molar-refractivity contribution is 7.98. The Morgan fingerprint density at radius 2 is 2.10 bits per heavy atom. The van der Waals surface area contributed by atoms with Crippen LogP contribution in [0, 0.1) is 13.8 Å². The summed E-state index contributed by atoms with van der Waals surface area (Å²) in [6.07, 6.45) is 2.72. The number of thioether (sulfide) groups is 1. The van der Waals surface area contributed by atoms with Gasteiger partial charge in [0.1, 0.15) is 4.90 Å². The Bertz CT molecular complexity index is 540. The monoisotopic (exact) mass is 320 g/mol. The molecule has 1 aromatic heterocycles. The second-order valence-electron chi connectivity index (χ2n) is 4.69. The summed E-state index contributed by atoms with van der Waals surface area (Å²) in [5.41, 5.74) is 6.67. The highest BCUT2D eigenvalue weighted by atomic mass is 32.2. The minimum absolute atomic E-state index is 0.0633. The summed E-state index contributed by atoms with van der Waals surface area (Å²) in [5.74, 6) is 0.755. The zero-order valence-electron chi connectivity index (χ0n) is 12.5. The molecular weight excluding hydrogens is 296 g/mol. The topological polar surface area (TPSA) is 90.0 Å². The van der Waals surface area contributed by atoms with Crippen molar-refractivity contribution in [1.82, 2.24) is 14.5 Å². The van der Waals surface area contributed by atoms with Gasteiger partial charge in [-0.15, -0.1) is 0 Å². The quantitative estimate of drug-likeness (QED) is 0.742. The van der Waals surface area contributed by atoms with E-state index in [-0.39, 0.29) is 10.9 Å². The van der Waals surface area contributed by atoms with Crippen molar-refractivity contribution >= 4 is 21.8 Å². The first-order chi connectivity index (χ1) is 9.37. The van der Waals surface area contributed by atoms with Crippen molar-refractivity contribution in [1.29, 1.82) is 0 Å². The van der Waals surface area contributed by atoms with Crippen LogP contribution in [-0.2, 0) is 16.6 Å². The van der Waals surface area contributed by atoms with Crippen LogP contribution in [-0.4, -0.2) is 42.8 Å². The van der Waals surface area contributed by atoms with E-state index in [9.17, 15) is 8.42 Å². The first-order valence-corrected chi connectivity index (χ1v) is 9.50. The molecule has 3 N–H and O–H groups in total. The number of nitrogens with zero attached hydrogens (tertiary/aromatic N) is 2. The third-order valence-electron chi connectivity index (χ3n) is 3.11. The fourth-order valence-corrected chi connectivity index (χ4v) is 4.68. The van der Waals surface area contributed by atoms with Crippen LogP contribution in [0.25, 0.3) is 0 Å². The Morgan fingerprint density at radius 3 is 2.60 bits per heavy atom. The molecule has 0 aliphatic carbocycles. The molecule has 1 aromatic rings. The number of rotatable bonds is 8. The Morgan fingerprint density at radius 1 is 1.45 bits per heavy atom. The highest BCUT2D eigenvalue weighted by Gasteiger charge is 2.26. The lowest BCUT2D eigenvalue weighted by atomic mass is 10.3. The standard InChI is InChI=1S/C12H24N4O2S2/c1-5-11(8-19-4)15-20(17,18)12-9(2)14-16(7-6-13)10(12)3/h11,15H,5-8,13H2,1-4H3. The number of hydrogen-bond acceptors (Lipinski definition) is 5. The van der Waals surface area contributed by atoms with Gasteiger partial charge in [-0.1, -0.05) is 6.92 Å². The lowest BCUT2D eigenvalue weighted by Crippen LogP contribution is -2.36. The zero-order chi connectivity index (χ0) is 15.3. The van der Waals surface area contributed by atoms with E-state index >= 15 is 0 Å². The molecular formula is C12H24N4O2S2. The van der Waals surface area contributed by atoms with Crippen LogP contribution in [0.15, 0.2) is 4.90 Å². The van der Waals surface area contributed by atoms with Crippen molar-refractivity contribution in [2.45, 2.75) is 44.7 Å². The minimum Gasteiger partial charge on any atom is -0.329 e. The number of hydrogen-bond donors (Lipinski definition) is 2. The van der Waals surface area contributed by atoms with Crippen LogP contribution in [0.4, 0.5) is 0 Å². The van der Waals surface area contributed by atoms with Gasteiger partial charge in [-0.2, -0.15) is 16.9 Å². The predicted molar refractivity (Wildman–Crippen MR) is 83.5 cm³/mol. The molecule has 0 aliphatic rings. The molecule has 6 nitrogen and oxygen atoms in total. The molecule has 1 rings (SSSR count). The first kappa shape index (κ1) is 17.5. The van der Waals surface area contributed by atoms with Gasteiger partial charge in [0.05, 0.1) is 17.9 Å². The molecule has 0 saturated heterocycles. The van der Waals surface area contributed by atoms with Crippen molar-refractivity contribution < 1.29 is 8.42 Å². The van der Waals surface area contributed by atoms with Gasteiger partial charge < -0.3 is 5.73 Å². The minimum atomic E-state index is -3.54. The highest BCUT2D eigenvalue weighted by Crippen LogP contribution is 2.20. The van der Waals surface area contributed by atoms with Crippen LogP contribution >= 0.6 is 11.8 Å². The van der Waals surface area contributed by atoms with Crippen molar-refractivity contribution in [2.75, 3.05) is 18.6 Å². The average molecular weight is 320 g/mol. The molecule has 0 spiro atoms. The van der Waals surface area contributed by atoms with E-state index < -0.39 is 10.0 Å². The number of nitrogens with two attached hydrogens (primary N) is 1. The lowest BCUT2D eigenvalue weighted by molar-refractivity contribution is 0.556. The normalized spacial score (nSPS) is 13.7. The zero-order valence-corrected chi connectivity index (χ0v) is 14.1. The molecule has 20 heavy (non-hydrogen) atoms. The number of nitrogens with one attached hydrogen (secondary N) is 1. The number of aromatic nitrogens is 2. The predicted octanol–water partition coefficient (Wildman–Crippen LogP) is 0.879. The number of sulfonamides is 1. The van der Waals surface area contributed by atoms with E-state index in [1.165, 1.54) is 0 Å². The molecule has 1 heterocycles. The van der Waals surface area contributed by atoms with Crippen molar-refractivity contribution in [2.24, 2.45) is 5.73 Å². The molecule has 0 bridgehead atoms. The molecule has 1 unspecified atom stereocenters. The van der Waals surface area contributed by atoms with E-state index in [4.69, 9.17) is 5.73 Å². The van der Waals surface area contributed by atoms with Gasteiger partial charge in [0, 0.05) is 18.3 Å². The average Bonchev–Trinajstić information content (AvgIpc) is 2.64. The smallest absolute Gasteiger partial charge is 0.244 e. The molecule has 116 valence electrons. The molecule has 0 fully saturated rings. The first-order valence-electron chi connectivity index (χ1n) is 6.62. The molecule has 0 saturated carbocycles. The molecule has 0 aromatic carbocycles. The molecule has 0 aliphatic heterocycles. The van der Waals surface area contributed by atoms with E-state index in [1.54, 1.807) is 30.3 Å². The van der Waals surface area contributed by atoms with Gasteiger partial charge in [-0.25, -0.2) is 13.1 Å². The Labute approximate surface area is 125 Å². The summed E-state index contributed by atoms with van der Waals surface area (Å²) in [7, 11) is -3.54. The maximum absolute atomic E-state index is 12.5. The van der Waals surface area contributed by atoms with Crippen LogP contribution in [0.3, 0.4) is 0 Å². The molecule has 8 heteroatoms.